The highest BCUT2D eigenvalue weighted by molar-refractivity contribution is 6.04. The lowest BCUT2D eigenvalue weighted by Gasteiger charge is -2.73. The number of Topliss-reactive ketones (excluding diaryl/α,β-unsaturated/α-hetero) is 1. The van der Waals surface area contributed by atoms with Crippen molar-refractivity contribution in [2.45, 2.75) is 106 Å². The molecule has 4 fully saturated rings. The summed E-state index contributed by atoms with van der Waals surface area (Å²) in [5, 5.41) is 22.0. The number of rotatable bonds is 1. The van der Waals surface area contributed by atoms with Gasteiger partial charge in [-0.25, -0.2) is 0 Å². The highest BCUT2D eigenvalue weighted by Crippen LogP contribution is 2.76. The standard InChI is InChI=1S/C32H47NO4/c1-27(2)11-13-32(26(36)37-8)14-12-31(7)24(20(32)17-27)21(34)15-23-29(5)16-19(18-33)25(35)28(3,4)22(29)9-10-30(23,31)6/h16,20-24,34H,9-15,17H2,1-8H3/t20-,21+,22-,23+,24-,29-,30+,31+,32-/m0/s1. The molecule has 0 unspecified atom stereocenters. The van der Waals surface area contributed by atoms with Gasteiger partial charge in [0.2, 0.25) is 0 Å². The van der Waals surface area contributed by atoms with Crippen LogP contribution in [0.4, 0.5) is 0 Å². The summed E-state index contributed by atoms with van der Waals surface area (Å²) in [6, 6.07) is 2.22. The number of aliphatic hydroxyl groups excluding tert-OH is 1. The van der Waals surface area contributed by atoms with Crippen molar-refractivity contribution < 1.29 is 19.4 Å². The lowest BCUT2D eigenvalue weighted by molar-refractivity contribution is -0.260. The maximum Gasteiger partial charge on any atom is 0.312 e. The number of aliphatic hydroxyl groups is 1. The minimum atomic E-state index is -0.599. The molecule has 5 heteroatoms. The fraction of sp³-hybridized carbons (Fsp3) is 0.844. The topological polar surface area (TPSA) is 87.4 Å². The number of carbonyl (C=O) groups excluding carboxylic acids is 2. The number of ether oxygens (including phenoxy) is 1. The van der Waals surface area contributed by atoms with Crippen LogP contribution >= 0.6 is 0 Å². The maximum atomic E-state index is 13.4. The quantitative estimate of drug-likeness (QED) is 0.422. The highest BCUT2D eigenvalue weighted by Gasteiger charge is 2.73. The molecule has 0 spiro atoms. The van der Waals surface area contributed by atoms with E-state index in [9.17, 15) is 20.0 Å². The number of hydrogen-bond donors (Lipinski definition) is 1. The van der Waals surface area contributed by atoms with Gasteiger partial charge in [-0.3, -0.25) is 9.59 Å². The van der Waals surface area contributed by atoms with Crippen LogP contribution in [-0.4, -0.2) is 30.1 Å². The molecular weight excluding hydrogens is 462 g/mol. The Morgan fingerprint density at radius 3 is 2.27 bits per heavy atom. The number of methoxy groups -OCH3 is 1. The molecule has 5 nitrogen and oxygen atoms in total. The molecule has 204 valence electrons. The summed E-state index contributed by atoms with van der Waals surface area (Å²) in [7, 11) is 1.52. The zero-order valence-electron chi connectivity index (χ0n) is 24.2. The highest BCUT2D eigenvalue weighted by atomic mass is 16.5. The number of fused-ring (bicyclic) bond motifs is 7. The average molecular weight is 510 g/mol. The maximum absolute atomic E-state index is 13.4. The monoisotopic (exact) mass is 509 g/mol. The van der Waals surface area contributed by atoms with Crippen LogP contribution in [0.1, 0.15) is 99.8 Å². The molecule has 0 radical (unpaired) electrons. The van der Waals surface area contributed by atoms with E-state index >= 15 is 0 Å². The van der Waals surface area contributed by atoms with E-state index in [1.54, 1.807) is 0 Å². The Morgan fingerprint density at radius 2 is 1.65 bits per heavy atom. The summed E-state index contributed by atoms with van der Waals surface area (Å²) in [4.78, 5) is 26.7. The average Bonchev–Trinajstić information content (AvgIpc) is 2.82. The van der Waals surface area contributed by atoms with E-state index in [0.717, 1.165) is 44.9 Å². The summed E-state index contributed by atoms with van der Waals surface area (Å²) in [5.41, 5.74) is -1.25. The molecule has 9 atom stereocenters. The minimum Gasteiger partial charge on any atom is -0.469 e. The fourth-order valence-electron chi connectivity index (χ4n) is 11.2. The van der Waals surface area contributed by atoms with Crippen molar-refractivity contribution in [3.63, 3.8) is 0 Å². The molecule has 0 aromatic heterocycles. The van der Waals surface area contributed by atoms with Gasteiger partial charge in [0.1, 0.15) is 6.07 Å². The normalized spacial score (nSPS) is 49.8. The molecular formula is C32H47NO4. The molecule has 0 saturated heterocycles. The zero-order chi connectivity index (χ0) is 27.4. The molecule has 0 aliphatic heterocycles. The first-order valence-electron chi connectivity index (χ1n) is 14.5. The first-order chi connectivity index (χ1) is 17.0. The summed E-state index contributed by atoms with van der Waals surface area (Å²) in [6.45, 7) is 15.7. The Bertz CT molecular complexity index is 1100. The number of ketones is 1. The van der Waals surface area contributed by atoms with Gasteiger partial charge in [0.05, 0.1) is 24.2 Å². The van der Waals surface area contributed by atoms with Crippen molar-refractivity contribution in [2.75, 3.05) is 7.11 Å². The molecule has 0 amide bonds. The van der Waals surface area contributed by atoms with Crippen LogP contribution in [0.25, 0.3) is 0 Å². The van der Waals surface area contributed by atoms with Crippen LogP contribution in [0, 0.1) is 67.5 Å². The molecule has 0 aromatic carbocycles. The van der Waals surface area contributed by atoms with Crippen LogP contribution in [0.15, 0.2) is 11.6 Å². The van der Waals surface area contributed by atoms with Crippen LogP contribution < -0.4 is 0 Å². The predicted molar refractivity (Wildman–Crippen MR) is 142 cm³/mol. The van der Waals surface area contributed by atoms with Gasteiger partial charge < -0.3 is 9.84 Å². The fourth-order valence-corrected chi connectivity index (χ4v) is 11.2. The first kappa shape index (κ1) is 26.9. The van der Waals surface area contributed by atoms with Crippen molar-refractivity contribution in [3.8, 4) is 6.07 Å². The number of carbonyl (C=O) groups is 2. The van der Waals surface area contributed by atoms with Crippen molar-refractivity contribution >= 4 is 11.8 Å². The molecule has 5 aliphatic carbocycles. The van der Waals surface area contributed by atoms with Crippen LogP contribution in [0.3, 0.4) is 0 Å². The minimum absolute atomic E-state index is 0.0268. The van der Waals surface area contributed by atoms with Crippen molar-refractivity contribution in [2.24, 2.45) is 56.2 Å². The number of esters is 1. The second kappa shape index (κ2) is 7.93. The second-order valence-electron chi connectivity index (χ2n) is 15.5. The molecule has 37 heavy (non-hydrogen) atoms. The SMILES string of the molecule is COC(=O)[C@]12CCC(C)(C)C[C@H]1[C@H]1[C@H](O)C[C@@H]3[C@@]4(C)C=C(C#N)C(=O)C(C)(C)[C@@H]4CC[C@@]3(C)[C@]1(C)CC2. The third-order valence-electron chi connectivity index (χ3n) is 13.3. The van der Waals surface area contributed by atoms with E-state index < -0.39 is 16.9 Å². The van der Waals surface area contributed by atoms with Gasteiger partial charge in [-0.2, -0.15) is 5.26 Å². The Labute approximate surface area is 223 Å². The largest absolute Gasteiger partial charge is 0.469 e. The van der Waals surface area contributed by atoms with E-state index in [-0.39, 0.29) is 62.7 Å². The van der Waals surface area contributed by atoms with E-state index in [1.165, 1.54) is 7.11 Å². The van der Waals surface area contributed by atoms with Crippen molar-refractivity contribution in [3.05, 3.63) is 11.6 Å². The van der Waals surface area contributed by atoms with E-state index in [2.05, 4.69) is 40.7 Å². The molecule has 5 rings (SSSR count). The van der Waals surface area contributed by atoms with Gasteiger partial charge in [0.15, 0.2) is 5.78 Å². The van der Waals surface area contributed by atoms with Crippen LogP contribution in [0.5, 0.6) is 0 Å². The van der Waals surface area contributed by atoms with Gasteiger partial charge in [-0.05, 0) is 96.7 Å². The number of allylic oxidation sites excluding steroid dienone is 2. The Kier molecular flexibility index (Phi) is 5.77. The number of nitriles is 1. The molecule has 0 heterocycles. The Morgan fingerprint density at radius 1 is 1.00 bits per heavy atom. The Balaban J connectivity index is 1.64. The number of nitrogens with zero attached hydrogens (tertiary/aromatic N) is 1. The van der Waals surface area contributed by atoms with E-state index in [0.29, 0.717) is 6.42 Å². The smallest absolute Gasteiger partial charge is 0.312 e. The van der Waals surface area contributed by atoms with E-state index in [4.69, 9.17) is 4.74 Å². The van der Waals surface area contributed by atoms with Crippen molar-refractivity contribution in [1.82, 2.24) is 0 Å². The van der Waals surface area contributed by atoms with Crippen molar-refractivity contribution in [1.29, 1.82) is 5.26 Å². The zero-order valence-corrected chi connectivity index (χ0v) is 24.2. The van der Waals surface area contributed by atoms with Gasteiger partial charge in [-0.1, -0.05) is 54.5 Å². The summed E-state index contributed by atoms with van der Waals surface area (Å²) < 4.78 is 5.45. The molecule has 1 N–H and O–H groups in total. The lowest BCUT2D eigenvalue weighted by Crippen LogP contribution is -2.70. The second-order valence-corrected chi connectivity index (χ2v) is 15.5. The summed E-state index contributed by atoms with van der Waals surface area (Å²) in [6.07, 6.45) is 8.54. The third-order valence-corrected chi connectivity index (χ3v) is 13.3. The van der Waals surface area contributed by atoms with Crippen LogP contribution in [-0.2, 0) is 14.3 Å². The lowest BCUT2D eigenvalue weighted by atomic mass is 9.31. The molecule has 0 bridgehead atoms. The first-order valence-corrected chi connectivity index (χ1v) is 14.5. The van der Waals surface area contributed by atoms with Crippen LogP contribution in [0.2, 0.25) is 0 Å². The summed E-state index contributed by atoms with van der Waals surface area (Å²) in [5.74, 6) is 0.300. The molecule has 0 aromatic rings. The van der Waals surface area contributed by atoms with Gasteiger partial charge in [-0.15, -0.1) is 0 Å². The molecule has 5 aliphatic rings. The van der Waals surface area contributed by atoms with Gasteiger partial charge in [0, 0.05) is 5.41 Å². The van der Waals surface area contributed by atoms with E-state index in [1.807, 2.05) is 19.9 Å². The predicted octanol–water partition coefficient (Wildman–Crippen LogP) is 6.25. The third kappa shape index (κ3) is 3.23. The molecule has 4 saturated carbocycles. The van der Waals surface area contributed by atoms with Gasteiger partial charge in [0.25, 0.3) is 0 Å². The number of hydrogen-bond acceptors (Lipinski definition) is 5. The summed E-state index contributed by atoms with van der Waals surface area (Å²) >= 11 is 0. The Hall–Kier alpha value is -1.67. The van der Waals surface area contributed by atoms with Gasteiger partial charge >= 0.3 is 5.97 Å².